The first-order valence-corrected chi connectivity index (χ1v) is 41.0. The molecule has 0 saturated carbocycles. The molecule has 0 bridgehead atoms. The maximum absolute atomic E-state index is 13.9. The maximum Gasteiger partial charge on any atom is 0.416 e. The number of aryl methyl sites for hydroxylation is 8. The van der Waals surface area contributed by atoms with Crippen molar-refractivity contribution in [3.8, 4) is 0 Å². The highest BCUT2D eigenvalue weighted by Crippen LogP contribution is 2.40. The summed E-state index contributed by atoms with van der Waals surface area (Å²) in [5.74, 6) is 2.14. The second kappa shape index (κ2) is 30.1. The summed E-state index contributed by atoms with van der Waals surface area (Å²) in [7, 11) is -4.31. The van der Waals surface area contributed by atoms with E-state index in [0.29, 0.717) is 87.2 Å². The second-order valence-corrected chi connectivity index (χ2v) is 35.1. The van der Waals surface area contributed by atoms with Crippen LogP contribution in [0.15, 0.2) is 169 Å². The molecule has 24 nitrogen and oxygen atoms in total. The molecule has 0 spiro atoms. The molecular formula is C77H83F5N14O10S4. The first-order valence-electron chi connectivity index (χ1n) is 35.3. The first-order chi connectivity index (χ1) is 51.9. The molecule has 0 saturated heterocycles. The molecule has 580 valence electrons. The topological polar surface area (TPSA) is 257 Å². The summed E-state index contributed by atoms with van der Waals surface area (Å²) in [6, 6.07) is 22.0. The van der Waals surface area contributed by atoms with Gasteiger partial charge in [0.1, 0.15) is 56.1 Å². The van der Waals surface area contributed by atoms with Gasteiger partial charge < -0.3 is 37.6 Å². The number of alkyl halides is 3. The highest BCUT2D eigenvalue weighted by Gasteiger charge is 2.36. The van der Waals surface area contributed by atoms with Gasteiger partial charge in [-0.25, -0.2) is 43.5 Å². The van der Waals surface area contributed by atoms with Gasteiger partial charge in [0, 0.05) is 136 Å². The predicted molar refractivity (Wildman–Crippen MR) is 411 cm³/mol. The van der Waals surface area contributed by atoms with Gasteiger partial charge >= 0.3 is 26.2 Å². The number of likely N-dealkylation sites (N-methyl/N-ethyl adjacent to an activating group) is 4. The van der Waals surface area contributed by atoms with E-state index < -0.39 is 57.7 Å². The average molecular weight is 1590 g/mol. The Morgan fingerprint density at radius 2 is 0.782 bits per heavy atom. The molecule has 110 heavy (non-hydrogen) atoms. The number of hydrogen-bond donors (Lipinski definition) is 0. The van der Waals surface area contributed by atoms with Crippen molar-refractivity contribution < 1.29 is 64.5 Å². The van der Waals surface area contributed by atoms with Crippen molar-refractivity contribution >= 4 is 106 Å². The van der Waals surface area contributed by atoms with Gasteiger partial charge in [-0.05, 0) is 178 Å². The largest absolute Gasteiger partial charge is 0.465 e. The number of nitrogens with zero attached hydrogens (tertiary/aromatic N) is 14. The van der Waals surface area contributed by atoms with Crippen molar-refractivity contribution in [1.29, 1.82) is 0 Å². The van der Waals surface area contributed by atoms with E-state index in [1.165, 1.54) is 68.4 Å². The molecule has 16 rings (SSSR count). The van der Waals surface area contributed by atoms with Crippen LogP contribution in [0, 0.1) is 53.2 Å². The molecule has 4 aromatic carbocycles. The Morgan fingerprint density at radius 3 is 1.16 bits per heavy atom. The molecule has 12 heterocycles. The third-order valence-corrected chi connectivity index (χ3v) is 26.6. The number of aromatic nitrogens is 10. The van der Waals surface area contributed by atoms with Crippen molar-refractivity contribution in [1.82, 2.24) is 65.0 Å². The fraction of sp³-hybridized carbons (Fsp3) is 0.325. The van der Waals surface area contributed by atoms with Crippen LogP contribution in [-0.4, -0.2) is 179 Å². The van der Waals surface area contributed by atoms with Gasteiger partial charge in [-0.15, -0.1) is 0 Å². The van der Waals surface area contributed by atoms with Gasteiger partial charge in [0.25, 0.3) is 20.0 Å². The van der Waals surface area contributed by atoms with Crippen molar-refractivity contribution in [2.75, 3.05) is 80.5 Å². The van der Waals surface area contributed by atoms with E-state index in [2.05, 4.69) is 59.0 Å². The number of benzene rings is 4. The molecule has 12 aromatic rings. The van der Waals surface area contributed by atoms with Crippen molar-refractivity contribution in [2.24, 2.45) is 14.1 Å². The van der Waals surface area contributed by atoms with Gasteiger partial charge in [-0.3, -0.25) is 0 Å². The second-order valence-electron chi connectivity index (χ2n) is 28.1. The molecule has 0 fully saturated rings. The number of halogens is 5. The number of imidazole rings is 2. The minimum absolute atomic E-state index is 0.0832. The summed E-state index contributed by atoms with van der Waals surface area (Å²) in [6.45, 7) is 16.6. The average Bonchev–Trinajstić information content (AvgIpc) is 1.60. The fourth-order valence-corrected chi connectivity index (χ4v) is 19.7. The lowest BCUT2D eigenvalue weighted by Crippen LogP contribution is -2.24. The van der Waals surface area contributed by atoms with E-state index in [4.69, 9.17) is 8.83 Å². The molecule has 0 amide bonds. The van der Waals surface area contributed by atoms with Crippen LogP contribution in [0.5, 0.6) is 0 Å². The predicted octanol–water partition coefficient (Wildman–Crippen LogP) is 13.0. The van der Waals surface area contributed by atoms with Crippen molar-refractivity contribution in [2.45, 2.75) is 93.2 Å². The van der Waals surface area contributed by atoms with E-state index in [9.17, 15) is 55.6 Å². The highest BCUT2D eigenvalue weighted by atomic mass is 32.2. The van der Waals surface area contributed by atoms with Crippen LogP contribution >= 0.6 is 0 Å². The number of rotatable bonds is 12. The molecule has 8 aromatic heterocycles. The summed E-state index contributed by atoms with van der Waals surface area (Å²) in [5.41, 5.74) is 7.14. The smallest absolute Gasteiger partial charge is 0.416 e. The molecule has 0 atom stereocenters. The Morgan fingerprint density at radius 1 is 0.409 bits per heavy atom. The zero-order valence-electron chi connectivity index (χ0n) is 62.6. The van der Waals surface area contributed by atoms with E-state index in [1.807, 2.05) is 57.6 Å². The molecule has 0 N–H and O–H groups in total. The highest BCUT2D eigenvalue weighted by molar-refractivity contribution is 7.91. The lowest BCUT2D eigenvalue weighted by Gasteiger charge is -2.21. The van der Waals surface area contributed by atoms with E-state index in [0.717, 1.165) is 118 Å². The zero-order valence-corrected chi connectivity index (χ0v) is 65.9. The van der Waals surface area contributed by atoms with E-state index in [1.54, 1.807) is 83.2 Å². The van der Waals surface area contributed by atoms with Crippen LogP contribution < -0.4 is 0 Å². The lowest BCUT2D eigenvalue weighted by atomic mass is 9.99. The Balaban J connectivity index is 0.000000129. The van der Waals surface area contributed by atoms with Crippen LogP contribution in [0.1, 0.15) is 88.5 Å². The van der Waals surface area contributed by atoms with Crippen LogP contribution in [0.25, 0.3) is 65.9 Å². The van der Waals surface area contributed by atoms with Crippen molar-refractivity contribution in [3.05, 3.63) is 214 Å². The molecule has 4 aliphatic rings. The normalized spacial score (nSPS) is 16.2. The van der Waals surface area contributed by atoms with Crippen LogP contribution in [0.4, 0.5) is 22.0 Å². The molecule has 0 aliphatic carbocycles. The number of fused-ring (bicyclic) bond motifs is 4. The zero-order chi connectivity index (χ0) is 79.0. The summed E-state index contributed by atoms with van der Waals surface area (Å²) >= 11 is 0. The van der Waals surface area contributed by atoms with Crippen molar-refractivity contribution in [3.63, 3.8) is 0 Å². The molecule has 33 heteroatoms. The van der Waals surface area contributed by atoms with Crippen LogP contribution in [0.2, 0.25) is 0 Å². The summed E-state index contributed by atoms with van der Waals surface area (Å²) in [5, 5.41) is 10.6. The number of furan rings is 2. The van der Waals surface area contributed by atoms with Gasteiger partial charge in [0.15, 0.2) is 10.1 Å². The summed E-state index contributed by atoms with van der Waals surface area (Å²) in [6.07, 6.45) is 12.8. The third kappa shape index (κ3) is 15.3. The molecule has 4 aliphatic heterocycles. The van der Waals surface area contributed by atoms with Gasteiger partial charge in [0.05, 0.1) is 39.0 Å². The lowest BCUT2D eigenvalue weighted by molar-refractivity contribution is -0.137. The standard InChI is InChI=1S/C20H21FN2O3S.C20H22N2O3S.C19H20F3N5O2S.C18H20FN5O2S/c1-13-10-20(14(2)26-13)27(24,25)23-12-18(15-6-8-22(3)9-7-15)17-11-16(21)4-5-19(17)23;1-14-12-20(15(2)25-14)26(23,24)22-13-18(16-8-10-21(3)11-9-16)17-6-4-5-7-19(17)22;1-12-23-17(11-26(12)3)30(28,29)27-16-5-4-14(19(20,21)22)10-15(16)18(24-27)13-6-8-25(2)9-7-13;1-12-20-17(11-23(12)3)27(25,26)24-16-5-4-14(19)10-15(16)18(21-24)13-6-8-22(2)9-7-13/h4-6,10-12H,7-9H2,1-3H3;4-8,12-13H,9-11H2,1-3H3;4-6,10-11H,7-9H2,1-3H3;4-6,10-11H,7-9H2,1-3H3. The van der Waals surface area contributed by atoms with Crippen LogP contribution in [-0.2, 0) is 60.4 Å². The SMILES string of the molecule is Cc1cc(S(=O)(=O)n2cc(C3=CCN(C)CC3)c3cc(F)ccc32)c(C)o1.Cc1cc(S(=O)(=O)n2cc(C3=CCN(C)CC3)c3ccccc32)c(C)o1.Cc1nc(S(=O)(=O)n2nc(C3=CCN(C)CC3)c3cc(C(F)(F)F)ccc32)cn1C.Cc1nc(S(=O)(=O)n2nc(C3=CCN(C)CC3)c3cc(F)ccc32)cn1C. The monoisotopic (exact) mass is 1590 g/mol. The Bertz CT molecular complexity index is 6210. The van der Waals surface area contributed by atoms with Gasteiger partial charge in [0.2, 0.25) is 0 Å². The number of hydrogen-bond acceptors (Lipinski definition) is 18. The minimum atomic E-state index is -4.55. The summed E-state index contributed by atoms with van der Waals surface area (Å²) in [4.78, 5) is 17.2. The Labute approximate surface area is 634 Å². The van der Waals surface area contributed by atoms with Crippen LogP contribution in [0.3, 0.4) is 0 Å². The molecule has 0 radical (unpaired) electrons. The summed E-state index contributed by atoms with van der Waals surface area (Å²) < 4.78 is 192. The van der Waals surface area contributed by atoms with E-state index in [-0.39, 0.29) is 42.3 Å². The molecule has 0 unspecified atom stereocenters. The minimum Gasteiger partial charge on any atom is -0.465 e. The Hall–Kier alpha value is -9.87. The van der Waals surface area contributed by atoms with Gasteiger partial charge in [-0.1, -0.05) is 42.5 Å². The quantitative estimate of drug-likeness (QED) is 0.103. The van der Waals surface area contributed by atoms with E-state index >= 15 is 0 Å². The fourth-order valence-electron chi connectivity index (χ4n) is 13.8. The molecular weight excluding hydrogens is 1500 g/mol. The first kappa shape index (κ1) is 78.3. The number of para-hydroxylation sites is 1. The Kier molecular flexibility index (Phi) is 21.4. The maximum atomic E-state index is 13.9. The third-order valence-electron chi connectivity index (χ3n) is 20.2. The van der Waals surface area contributed by atoms with Gasteiger partial charge in [-0.2, -0.15) is 48.4 Å².